The number of rotatable bonds is 8. The third-order valence-electron chi connectivity index (χ3n) is 5.91. The molecule has 1 N–H and O–H groups in total. The standard InChI is InChI=1S/C27H22F2N2O4/c1-30-19-8-10-20(11-9-19)35-15-18-12-22(18)26(32)31-14-17-7-6-16(13-24(17)29)21-4-3-5-23(28)25(21)27(33)34-2/h3-11,13,18,22H,12,14-15H2,2H3,(H,31,32). The predicted molar refractivity (Wildman–Crippen MR) is 125 cm³/mol. The third kappa shape index (κ3) is 5.46. The number of hydrogen-bond acceptors (Lipinski definition) is 4. The highest BCUT2D eigenvalue weighted by molar-refractivity contribution is 5.97. The van der Waals surface area contributed by atoms with Crippen molar-refractivity contribution in [2.24, 2.45) is 11.8 Å². The Bertz CT molecular complexity index is 1300. The highest BCUT2D eigenvalue weighted by Crippen LogP contribution is 2.39. The summed E-state index contributed by atoms with van der Waals surface area (Å²) in [6.45, 7) is 7.34. The van der Waals surface area contributed by atoms with Gasteiger partial charge < -0.3 is 14.8 Å². The molecule has 1 aliphatic carbocycles. The summed E-state index contributed by atoms with van der Waals surface area (Å²) in [6.07, 6.45) is 0.684. The number of nitrogens with one attached hydrogen (secondary N) is 1. The van der Waals surface area contributed by atoms with Crippen molar-refractivity contribution in [3.8, 4) is 16.9 Å². The maximum Gasteiger partial charge on any atom is 0.341 e. The van der Waals surface area contributed by atoms with Gasteiger partial charge in [-0.2, -0.15) is 0 Å². The van der Waals surface area contributed by atoms with Crippen molar-refractivity contribution in [2.75, 3.05) is 13.7 Å². The maximum atomic E-state index is 14.8. The number of ether oxygens (including phenoxy) is 2. The number of nitrogens with zero attached hydrogens (tertiary/aromatic N) is 1. The molecule has 1 fully saturated rings. The van der Waals surface area contributed by atoms with Gasteiger partial charge in [-0.15, -0.1) is 0 Å². The zero-order valence-corrected chi connectivity index (χ0v) is 18.9. The summed E-state index contributed by atoms with van der Waals surface area (Å²) in [4.78, 5) is 27.8. The van der Waals surface area contributed by atoms with E-state index in [2.05, 4.69) is 14.9 Å². The molecule has 6 nitrogen and oxygen atoms in total. The lowest BCUT2D eigenvalue weighted by Gasteiger charge is -2.11. The van der Waals surface area contributed by atoms with E-state index in [1.54, 1.807) is 30.3 Å². The van der Waals surface area contributed by atoms with Gasteiger partial charge in [0.2, 0.25) is 5.91 Å². The zero-order valence-electron chi connectivity index (χ0n) is 18.9. The molecule has 0 saturated heterocycles. The number of benzene rings is 3. The monoisotopic (exact) mass is 476 g/mol. The van der Waals surface area contributed by atoms with Crippen LogP contribution in [0.3, 0.4) is 0 Å². The highest BCUT2D eigenvalue weighted by Gasteiger charge is 2.43. The van der Waals surface area contributed by atoms with E-state index >= 15 is 0 Å². The van der Waals surface area contributed by atoms with Crippen molar-refractivity contribution in [3.63, 3.8) is 0 Å². The summed E-state index contributed by atoms with van der Waals surface area (Å²) in [7, 11) is 1.15. The minimum atomic E-state index is -0.849. The third-order valence-corrected chi connectivity index (χ3v) is 5.91. The van der Waals surface area contributed by atoms with Gasteiger partial charge >= 0.3 is 5.97 Å². The molecule has 0 spiro atoms. The average Bonchev–Trinajstić information content (AvgIpc) is 3.66. The fourth-order valence-corrected chi connectivity index (χ4v) is 3.82. The topological polar surface area (TPSA) is 69.0 Å². The summed E-state index contributed by atoms with van der Waals surface area (Å²) < 4.78 is 39.3. The minimum Gasteiger partial charge on any atom is -0.493 e. The van der Waals surface area contributed by atoms with Crippen molar-refractivity contribution in [2.45, 2.75) is 13.0 Å². The van der Waals surface area contributed by atoms with Crippen LogP contribution >= 0.6 is 0 Å². The van der Waals surface area contributed by atoms with Gasteiger partial charge in [0.15, 0.2) is 5.69 Å². The van der Waals surface area contributed by atoms with Crippen LogP contribution in [0.5, 0.6) is 5.75 Å². The zero-order chi connectivity index (χ0) is 24.9. The minimum absolute atomic E-state index is 0.000119. The van der Waals surface area contributed by atoms with Gasteiger partial charge in [-0.1, -0.05) is 36.4 Å². The quantitative estimate of drug-likeness (QED) is 0.354. The van der Waals surface area contributed by atoms with E-state index in [4.69, 9.17) is 11.3 Å². The molecular formula is C27H22F2N2O4. The lowest BCUT2D eigenvalue weighted by atomic mass is 9.98. The lowest BCUT2D eigenvalue weighted by Crippen LogP contribution is -2.26. The molecule has 0 aliphatic heterocycles. The Morgan fingerprint density at radius 3 is 2.54 bits per heavy atom. The number of methoxy groups -OCH3 is 1. The number of carbonyl (C=O) groups is 2. The Labute approximate surface area is 201 Å². The molecule has 0 aromatic heterocycles. The molecule has 8 heteroatoms. The van der Waals surface area contributed by atoms with Crippen LogP contribution in [0.2, 0.25) is 0 Å². The SMILES string of the molecule is [C-]#[N+]c1ccc(OCC2CC2C(=O)NCc2ccc(-c3cccc(F)c3C(=O)OC)cc2F)cc1. The number of hydrogen-bond donors (Lipinski definition) is 1. The smallest absolute Gasteiger partial charge is 0.341 e. The van der Waals surface area contributed by atoms with E-state index in [9.17, 15) is 18.4 Å². The molecular weight excluding hydrogens is 454 g/mol. The number of carbonyl (C=O) groups excluding carboxylic acids is 2. The van der Waals surface area contributed by atoms with Crippen molar-refractivity contribution >= 4 is 17.6 Å². The van der Waals surface area contributed by atoms with Gasteiger partial charge in [-0.25, -0.2) is 18.4 Å². The average molecular weight is 476 g/mol. The first kappa shape index (κ1) is 23.9. The predicted octanol–water partition coefficient (Wildman–Crippen LogP) is 5.30. The van der Waals surface area contributed by atoms with Crippen LogP contribution in [0.25, 0.3) is 16.0 Å². The first-order chi connectivity index (χ1) is 16.9. The van der Waals surface area contributed by atoms with Crippen LogP contribution in [0, 0.1) is 30.0 Å². The van der Waals surface area contributed by atoms with Gasteiger partial charge in [0.05, 0.1) is 20.3 Å². The second-order valence-electron chi connectivity index (χ2n) is 8.20. The van der Waals surface area contributed by atoms with Crippen LogP contribution in [-0.4, -0.2) is 25.6 Å². The summed E-state index contributed by atoms with van der Waals surface area (Å²) in [5.41, 5.74) is 1.07. The van der Waals surface area contributed by atoms with Crippen LogP contribution < -0.4 is 10.1 Å². The molecule has 1 saturated carbocycles. The van der Waals surface area contributed by atoms with Crippen LogP contribution in [0.15, 0.2) is 60.7 Å². The molecule has 3 aromatic carbocycles. The first-order valence-electron chi connectivity index (χ1n) is 10.9. The van der Waals surface area contributed by atoms with Gasteiger partial charge in [-0.05, 0) is 41.8 Å². The number of amides is 1. The molecule has 2 atom stereocenters. The molecule has 2 unspecified atom stereocenters. The molecule has 178 valence electrons. The molecule has 0 radical (unpaired) electrons. The summed E-state index contributed by atoms with van der Waals surface area (Å²) >= 11 is 0. The van der Waals surface area contributed by atoms with Gasteiger partial charge in [-0.3, -0.25) is 4.79 Å². The summed E-state index contributed by atoms with van der Waals surface area (Å²) in [5, 5.41) is 2.75. The lowest BCUT2D eigenvalue weighted by molar-refractivity contribution is -0.122. The van der Waals surface area contributed by atoms with E-state index in [1.807, 2.05) is 0 Å². The Hall–Kier alpha value is -4.25. The van der Waals surface area contributed by atoms with Crippen LogP contribution in [0.1, 0.15) is 22.3 Å². The molecule has 4 rings (SSSR count). The molecule has 0 bridgehead atoms. The van der Waals surface area contributed by atoms with Crippen molar-refractivity contribution < 1.29 is 27.8 Å². The Morgan fingerprint density at radius 2 is 1.86 bits per heavy atom. The number of halogens is 2. The highest BCUT2D eigenvalue weighted by atomic mass is 19.1. The Morgan fingerprint density at radius 1 is 1.09 bits per heavy atom. The van der Waals surface area contributed by atoms with E-state index in [0.717, 1.165) is 13.2 Å². The fourth-order valence-electron chi connectivity index (χ4n) is 3.82. The van der Waals surface area contributed by atoms with E-state index in [1.165, 1.54) is 24.3 Å². The molecule has 3 aromatic rings. The van der Waals surface area contributed by atoms with E-state index in [0.29, 0.717) is 30.0 Å². The van der Waals surface area contributed by atoms with Gasteiger partial charge in [0.25, 0.3) is 0 Å². The normalized spacial score (nSPS) is 16.2. The van der Waals surface area contributed by atoms with Crippen molar-refractivity contribution in [1.82, 2.24) is 5.32 Å². The molecule has 1 amide bonds. The van der Waals surface area contributed by atoms with Crippen molar-refractivity contribution in [3.05, 3.63) is 94.8 Å². The Kier molecular flexibility index (Phi) is 7.06. The fraction of sp³-hybridized carbons (Fsp3) is 0.222. The van der Waals surface area contributed by atoms with Crippen LogP contribution in [0.4, 0.5) is 14.5 Å². The van der Waals surface area contributed by atoms with Gasteiger partial charge in [0, 0.05) is 23.9 Å². The second kappa shape index (κ2) is 10.3. The summed E-state index contributed by atoms with van der Waals surface area (Å²) in [6, 6.07) is 15.1. The summed E-state index contributed by atoms with van der Waals surface area (Å²) in [5.74, 6) is -1.85. The molecule has 35 heavy (non-hydrogen) atoms. The number of esters is 1. The molecule has 0 heterocycles. The van der Waals surface area contributed by atoms with E-state index in [-0.39, 0.29) is 41.0 Å². The van der Waals surface area contributed by atoms with E-state index < -0.39 is 17.6 Å². The van der Waals surface area contributed by atoms with Gasteiger partial charge in [0.1, 0.15) is 22.9 Å². The molecule has 1 aliphatic rings. The van der Waals surface area contributed by atoms with Crippen LogP contribution in [-0.2, 0) is 16.1 Å². The Balaban J connectivity index is 1.33. The van der Waals surface area contributed by atoms with Crippen molar-refractivity contribution in [1.29, 1.82) is 0 Å². The maximum absolute atomic E-state index is 14.8. The second-order valence-corrected chi connectivity index (χ2v) is 8.20. The largest absolute Gasteiger partial charge is 0.493 e. The first-order valence-corrected chi connectivity index (χ1v) is 10.9.